The van der Waals surface area contributed by atoms with Gasteiger partial charge in [-0.15, -0.1) is 0 Å². The summed E-state index contributed by atoms with van der Waals surface area (Å²) in [7, 11) is -3.29. The van der Waals surface area contributed by atoms with Crippen molar-refractivity contribution in [1.82, 2.24) is 9.78 Å². The minimum atomic E-state index is -3.29. The van der Waals surface area contributed by atoms with E-state index in [0.29, 0.717) is 28.7 Å². The Hall–Kier alpha value is -2.75. The minimum Gasteiger partial charge on any atom is -0.310 e. The van der Waals surface area contributed by atoms with E-state index >= 15 is 0 Å². The highest BCUT2D eigenvalue weighted by Gasteiger charge is 2.34. The van der Waals surface area contributed by atoms with Gasteiger partial charge in [0.25, 0.3) is 5.69 Å². The standard InChI is InChI=1S/C22H28N4O5S/c1-2-3-4-15-5-7-16(8-6-15)22(27)23-21-19-13-32(30,31)14-20(19)24-25(21)17-9-11-18(12-10-17)26(28)29/h9-12,15-16H,2-8,13-14H2,1H3,(H,23,27). The third kappa shape index (κ3) is 4.69. The van der Waals surface area contributed by atoms with Gasteiger partial charge in [-0.25, -0.2) is 13.1 Å². The molecule has 0 bridgehead atoms. The van der Waals surface area contributed by atoms with Gasteiger partial charge < -0.3 is 5.32 Å². The van der Waals surface area contributed by atoms with Crippen molar-refractivity contribution >= 4 is 27.2 Å². The van der Waals surface area contributed by atoms with Crippen LogP contribution in [-0.4, -0.2) is 29.0 Å². The van der Waals surface area contributed by atoms with Crippen LogP contribution in [0, 0.1) is 22.0 Å². The zero-order valence-electron chi connectivity index (χ0n) is 18.1. The summed E-state index contributed by atoms with van der Waals surface area (Å²) in [5.41, 5.74) is 1.40. The third-order valence-corrected chi connectivity index (χ3v) is 7.96. The van der Waals surface area contributed by atoms with E-state index in [9.17, 15) is 23.3 Å². The molecular formula is C22H28N4O5S. The summed E-state index contributed by atoms with van der Waals surface area (Å²) >= 11 is 0. The predicted octanol–water partition coefficient (Wildman–Crippen LogP) is 4.14. The Balaban J connectivity index is 1.56. The van der Waals surface area contributed by atoms with Crippen LogP contribution in [0.2, 0.25) is 0 Å². The van der Waals surface area contributed by atoms with E-state index in [0.717, 1.165) is 25.7 Å². The fourth-order valence-corrected chi connectivity index (χ4v) is 6.19. The van der Waals surface area contributed by atoms with Gasteiger partial charge in [0.15, 0.2) is 9.84 Å². The number of hydrogen-bond acceptors (Lipinski definition) is 6. The van der Waals surface area contributed by atoms with Gasteiger partial charge in [0.05, 0.1) is 27.8 Å². The number of aromatic nitrogens is 2. The second-order valence-electron chi connectivity index (χ2n) is 8.84. The number of nitrogens with one attached hydrogen (secondary N) is 1. The van der Waals surface area contributed by atoms with Crippen LogP contribution in [0.25, 0.3) is 5.69 Å². The van der Waals surface area contributed by atoms with Crippen LogP contribution in [0.15, 0.2) is 24.3 Å². The number of benzene rings is 1. The number of sulfone groups is 1. The first-order valence-electron chi connectivity index (χ1n) is 11.1. The number of rotatable bonds is 7. The third-order valence-electron chi connectivity index (χ3n) is 6.52. The van der Waals surface area contributed by atoms with E-state index in [4.69, 9.17) is 0 Å². The van der Waals surface area contributed by atoms with Crippen molar-refractivity contribution in [3.63, 3.8) is 0 Å². The lowest BCUT2D eigenvalue weighted by molar-refractivity contribution is -0.384. The zero-order valence-corrected chi connectivity index (χ0v) is 18.9. The summed E-state index contributed by atoms with van der Waals surface area (Å²) < 4.78 is 25.8. The van der Waals surface area contributed by atoms with E-state index < -0.39 is 14.8 Å². The molecule has 1 aromatic carbocycles. The summed E-state index contributed by atoms with van der Waals surface area (Å²) in [6.07, 6.45) is 7.33. The van der Waals surface area contributed by atoms with Gasteiger partial charge in [0.2, 0.25) is 5.91 Å². The number of fused-ring (bicyclic) bond motifs is 1. The fourth-order valence-electron chi connectivity index (χ4n) is 4.70. The smallest absolute Gasteiger partial charge is 0.269 e. The number of nitro groups is 1. The van der Waals surface area contributed by atoms with Gasteiger partial charge in [-0.3, -0.25) is 14.9 Å². The molecule has 172 valence electrons. The normalized spacial score (nSPS) is 21.8. The first-order valence-corrected chi connectivity index (χ1v) is 13.0. The molecule has 0 atom stereocenters. The Morgan fingerprint density at radius 2 is 1.88 bits per heavy atom. The average Bonchev–Trinajstić information content (AvgIpc) is 3.24. The van der Waals surface area contributed by atoms with Gasteiger partial charge >= 0.3 is 0 Å². The van der Waals surface area contributed by atoms with Crippen LogP contribution in [0.4, 0.5) is 11.5 Å². The lowest BCUT2D eigenvalue weighted by Crippen LogP contribution is -2.28. The molecule has 1 N–H and O–H groups in total. The Bertz CT molecular complexity index is 1120. The summed E-state index contributed by atoms with van der Waals surface area (Å²) in [5.74, 6) is 0.463. The lowest BCUT2D eigenvalue weighted by atomic mass is 9.79. The second-order valence-corrected chi connectivity index (χ2v) is 10.9. The maximum absolute atomic E-state index is 13.1. The van der Waals surface area contributed by atoms with Gasteiger partial charge in [0, 0.05) is 23.6 Å². The van der Waals surface area contributed by atoms with Crippen LogP contribution in [0.5, 0.6) is 0 Å². The summed E-state index contributed by atoms with van der Waals surface area (Å²) in [4.78, 5) is 23.6. The maximum atomic E-state index is 13.1. The average molecular weight is 461 g/mol. The predicted molar refractivity (Wildman–Crippen MR) is 120 cm³/mol. The monoisotopic (exact) mass is 460 g/mol. The Morgan fingerprint density at radius 3 is 2.50 bits per heavy atom. The van der Waals surface area contributed by atoms with Crippen molar-refractivity contribution in [2.75, 3.05) is 5.32 Å². The molecule has 2 heterocycles. The number of anilines is 1. The van der Waals surface area contributed by atoms with E-state index in [-0.39, 0.29) is 29.0 Å². The molecule has 4 rings (SSSR count). The molecular weight excluding hydrogens is 432 g/mol. The van der Waals surface area contributed by atoms with Gasteiger partial charge in [0.1, 0.15) is 5.82 Å². The van der Waals surface area contributed by atoms with Crippen molar-refractivity contribution in [1.29, 1.82) is 0 Å². The maximum Gasteiger partial charge on any atom is 0.269 e. The van der Waals surface area contributed by atoms with Crippen molar-refractivity contribution in [2.24, 2.45) is 11.8 Å². The molecule has 2 aromatic rings. The largest absolute Gasteiger partial charge is 0.310 e. The summed E-state index contributed by atoms with van der Waals surface area (Å²) in [6, 6.07) is 5.82. The molecule has 0 saturated heterocycles. The van der Waals surface area contributed by atoms with E-state index in [2.05, 4.69) is 17.3 Å². The number of amides is 1. The minimum absolute atomic E-state index is 0.0542. The molecule has 32 heavy (non-hydrogen) atoms. The van der Waals surface area contributed by atoms with E-state index in [1.54, 1.807) is 12.1 Å². The number of non-ortho nitro benzene ring substituents is 1. The van der Waals surface area contributed by atoms with E-state index in [1.165, 1.54) is 36.1 Å². The molecule has 1 aliphatic heterocycles. The first-order chi connectivity index (χ1) is 15.3. The van der Waals surface area contributed by atoms with Gasteiger partial charge in [-0.1, -0.05) is 26.2 Å². The molecule has 9 nitrogen and oxygen atoms in total. The molecule has 1 saturated carbocycles. The van der Waals surface area contributed by atoms with E-state index in [1.807, 2.05) is 0 Å². The molecule has 0 unspecified atom stereocenters. The number of hydrogen-bond donors (Lipinski definition) is 1. The Morgan fingerprint density at radius 1 is 1.19 bits per heavy atom. The highest BCUT2D eigenvalue weighted by Crippen LogP contribution is 2.36. The Labute approximate surface area is 187 Å². The number of nitrogens with zero attached hydrogens (tertiary/aromatic N) is 3. The van der Waals surface area contributed by atoms with Crippen LogP contribution in [0.1, 0.15) is 63.1 Å². The van der Waals surface area contributed by atoms with Gasteiger partial charge in [-0.05, 0) is 43.7 Å². The molecule has 1 fully saturated rings. The zero-order chi connectivity index (χ0) is 22.9. The SMILES string of the molecule is CCCCC1CCC(C(=O)Nc2c3c(nn2-c2ccc([N+](=O)[O-])cc2)CS(=O)(=O)C3)CC1. The van der Waals surface area contributed by atoms with Crippen LogP contribution in [-0.2, 0) is 26.1 Å². The number of unbranched alkanes of at least 4 members (excludes halogenated alkanes) is 1. The van der Waals surface area contributed by atoms with Crippen LogP contribution >= 0.6 is 0 Å². The molecule has 1 aliphatic carbocycles. The topological polar surface area (TPSA) is 124 Å². The highest BCUT2D eigenvalue weighted by molar-refractivity contribution is 7.90. The van der Waals surface area contributed by atoms with Crippen LogP contribution < -0.4 is 5.32 Å². The number of carbonyl (C=O) groups excluding carboxylic acids is 1. The molecule has 10 heteroatoms. The molecule has 0 spiro atoms. The van der Waals surface area contributed by atoms with Crippen molar-refractivity contribution < 1.29 is 18.1 Å². The quantitative estimate of drug-likeness (QED) is 0.489. The fraction of sp³-hybridized carbons (Fsp3) is 0.545. The van der Waals surface area contributed by atoms with Gasteiger partial charge in [-0.2, -0.15) is 5.10 Å². The molecule has 0 radical (unpaired) electrons. The number of nitro benzene ring substituents is 1. The Kier molecular flexibility index (Phi) is 6.32. The van der Waals surface area contributed by atoms with Crippen molar-refractivity contribution in [3.8, 4) is 5.69 Å². The number of carbonyl (C=O) groups is 1. The highest BCUT2D eigenvalue weighted by atomic mass is 32.2. The van der Waals surface area contributed by atoms with Crippen LogP contribution in [0.3, 0.4) is 0 Å². The molecule has 1 aromatic heterocycles. The lowest BCUT2D eigenvalue weighted by Gasteiger charge is -2.27. The van der Waals surface area contributed by atoms with Crippen molar-refractivity contribution in [2.45, 2.75) is 63.4 Å². The first kappa shape index (κ1) is 22.4. The summed E-state index contributed by atoms with van der Waals surface area (Å²) in [5, 5.41) is 18.3. The van der Waals surface area contributed by atoms with Crippen molar-refractivity contribution in [3.05, 3.63) is 45.6 Å². The molecule has 1 amide bonds. The molecule has 2 aliphatic rings. The summed E-state index contributed by atoms with van der Waals surface area (Å²) in [6.45, 7) is 2.19. The second kappa shape index (κ2) is 9.01.